The van der Waals surface area contributed by atoms with Crippen LogP contribution >= 0.6 is 34.8 Å². The highest BCUT2D eigenvalue weighted by Crippen LogP contribution is 2.46. The molecule has 140 heavy (non-hydrogen) atoms. The highest BCUT2D eigenvalue weighted by atomic mass is 35.5. The summed E-state index contributed by atoms with van der Waals surface area (Å²) in [4.78, 5) is 152. The number of hydrogen-bond donors (Lipinski definition) is 16. The van der Waals surface area contributed by atoms with Gasteiger partial charge in [-0.2, -0.15) is 0 Å². The van der Waals surface area contributed by atoms with Crippen LogP contribution < -0.4 is 93.8 Å². The molecule has 8 atom stereocenters. The molecular formula is C104H149Cl3N14O19. The number of carbonyl (C=O) groups is 13. The molecule has 10 rings (SSSR count). The summed E-state index contributed by atoms with van der Waals surface area (Å²) in [7, 11) is 6.21. The summed E-state index contributed by atoms with van der Waals surface area (Å²) in [6, 6.07) is 22.8. The number of benzene rings is 5. The van der Waals surface area contributed by atoms with Gasteiger partial charge in [0.05, 0.1) is 67.7 Å². The minimum atomic E-state index is -1.01. The van der Waals surface area contributed by atoms with Gasteiger partial charge < -0.3 is 104 Å². The highest BCUT2D eigenvalue weighted by molar-refractivity contribution is 6.50. The molecule has 33 nitrogen and oxygen atoms in total. The Bertz CT molecular complexity index is 5100. The molecule has 0 spiro atoms. The number of fused-ring (bicyclic) bond motifs is 3. The van der Waals surface area contributed by atoms with Gasteiger partial charge in [0.1, 0.15) is 23.0 Å². The van der Waals surface area contributed by atoms with Crippen molar-refractivity contribution in [2.45, 2.75) is 302 Å². The maximum atomic E-state index is 12.8. The van der Waals surface area contributed by atoms with Crippen LogP contribution in [0.25, 0.3) is 33.7 Å². The first-order valence-electron chi connectivity index (χ1n) is 49.3. The van der Waals surface area contributed by atoms with Gasteiger partial charge in [0.2, 0.25) is 35.3 Å². The predicted octanol–water partition coefficient (Wildman–Crippen LogP) is 16.8. The number of ketones is 2. The number of carboxylic acids is 2. The van der Waals surface area contributed by atoms with Crippen molar-refractivity contribution in [2.75, 3.05) is 67.7 Å². The Kier molecular flexibility index (Phi) is 53.4. The van der Waals surface area contributed by atoms with Crippen molar-refractivity contribution in [1.82, 2.24) is 69.1 Å². The van der Waals surface area contributed by atoms with E-state index in [1.54, 1.807) is 58.4 Å². The van der Waals surface area contributed by atoms with Crippen molar-refractivity contribution < 1.29 is 91.5 Å². The van der Waals surface area contributed by atoms with Crippen LogP contribution in [0.1, 0.15) is 286 Å². The lowest BCUT2D eigenvalue weighted by Crippen LogP contribution is -2.30. The lowest BCUT2D eigenvalue weighted by atomic mass is 9.88. The smallest absolute Gasteiger partial charge is 0.331 e. The highest BCUT2D eigenvalue weighted by Gasteiger charge is 2.34. The van der Waals surface area contributed by atoms with E-state index in [-0.39, 0.29) is 142 Å². The van der Waals surface area contributed by atoms with E-state index in [2.05, 4.69) is 69.1 Å². The third-order valence-corrected chi connectivity index (χ3v) is 26.0. The molecule has 0 aromatic heterocycles. The molecule has 4 heterocycles. The van der Waals surface area contributed by atoms with Crippen LogP contribution in [0.5, 0.6) is 23.0 Å². The maximum Gasteiger partial charge on any atom is 0.331 e. The normalized spacial score (nSPS) is 17.9. The zero-order valence-electron chi connectivity index (χ0n) is 83.2. The molecule has 1 aliphatic carbocycles. The molecule has 5 aromatic carbocycles. The zero-order valence-corrected chi connectivity index (χ0v) is 85.5. The van der Waals surface area contributed by atoms with Crippen molar-refractivity contribution in [3.8, 4) is 23.0 Å². The zero-order chi connectivity index (χ0) is 103. The Labute approximate surface area is 838 Å². The van der Waals surface area contributed by atoms with E-state index in [0.29, 0.717) is 101 Å². The van der Waals surface area contributed by atoms with E-state index in [0.717, 1.165) is 214 Å². The number of unbranched alkanes of at least 4 members (excludes halogenated alkanes) is 17. The molecule has 4 aliphatic heterocycles. The van der Waals surface area contributed by atoms with E-state index in [1.165, 1.54) is 33.3 Å². The van der Waals surface area contributed by atoms with Gasteiger partial charge in [-0.05, 0) is 163 Å². The van der Waals surface area contributed by atoms with E-state index in [4.69, 9.17) is 69.7 Å². The number of carboxylic acid groups (broad SMARTS) is 2. The molecule has 0 saturated carbocycles. The molecule has 0 radical (unpaired) electrons. The summed E-state index contributed by atoms with van der Waals surface area (Å²) >= 11 is 19.2. The number of methoxy groups -OCH3 is 4. The van der Waals surface area contributed by atoms with Crippen LogP contribution in [-0.4, -0.2) is 203 Å². The first-order chi connectivity index (χ1) is 67.2. The molecule has 5 aromatic rings. The number of ether oxygens (including phenoxy) is 4. The van der Waals surface area contributed by atoms with Gasteiger partial charge in [-0.3, -0.25) is 38.4 Å². The Morgan fingerprint density at radius 1 is 0.350 bits per heavy atom. The van der Waals surface area contributed by atoms with Crippen LogP contribution in [0.2, 0.25) is 10.0 Å². The van der Waals surface area contributed by atoms with E-state index >= 15 is 0 Å². The van der Waals surface area contributed by atoms with Crippen molar-refractivity contribution in [1.29, 1.82) is 0 Å². The van der Waals surface area contributed by atoms with Crippen molar-refractivity contribution in [3.05, 3.63) is 138 Å². The number of amides is 13. The summed E-state index contributed by atoms with van der Waals surface area (Å²) in [5, 5.41) is 59.0. The number of hydrogen-bond acceptors (Lipinski definition) is 18. The molecule has 5 aliphatic rings. The topological polar surface area (TPSA) is 482 Å². The molecule has 36 heteroatoms. The summed E-state index contributed by atoms with van der Waals surface area (Å²) < 4.78 is 22.1. The summed E-state index contributed by atoms with van der Waals surface area (Å²) in [5.41, 5.74) is 8.10. The van der Waals surface area contributed by atoms with E-state index < -0.39 is 17.7 Å². The number of nitrogens with two attached hydrogens (primary N) is 1. The number of nitrogens with one attached hydrogen (secondary N) is 13. The molecule has 4 saturated heterocycles. The van der Waals surface area contributed by atoms with E-state index in [9.17, 15) is 62.3 Å². The van der Waals surface area contributed by atoms with Gasteiger partial charge in [-0.15, -0.1) is 0 Å². The molecule has 4 unspecified atom stereocenters. The maximum absolute atomic E-state index is 12.8. The Morgan fingerprint density at radius 2 is 0.629 bits per heavy atom. The fourth-order valence-electron chi connectivity index (χ4n) is 16.8. The Balaban J connectivity index is 0.000000282. The third kappa shape index (κ3) is 39.8. The van der Waals surface area contributed by atoms with Crippen LogP contribution in [-0.2, 0) is 33.6 Å². The molecular weight excluding hydrogens is 1860 g/mol. The monoisotopic (exact) mass is 2000 g/mol. The first kappa shape index (κ1) is 117. The first-order valence-corrected chi connectivity index (χ1v) is 50.4. The fourth-order valence-corrected chi connectivity index (χ4v) is 17.7. The quantitative estimate of drug-likeness (QED) is 0.0127. The average molecular weight is 2010 g/mol. The van der Waals surface area contributed by atoms with Gasteiger partial charge in [0, 0.05) is 149 Å². The standard InChI is InChI=1S/C32H45ClN4O5.C30H39ClN4O5.C16H15ClO4.C16H32N4O2.C10H18N2O3/c1-21(20-25-28(33)30(42-4)24-15-11-10-14-23(24)29(25)41-3)31(39)35-19-13-6-5-12-18-34-27(38)17-9-7-8-16-26-22(2)36-32(40)37-26;1-19(18-23-26(31)28(38)22-13-9-8-12-21(22)27(23)37)29(39)33-17-11-4-3-10-16-32-25(36)15-7-5-6-14-24-20(2)34-30(40)35-24;1-9(16(18)19)8-12-13(17)15(21-3)11-7-5-4-6-10(11)14(12)20-2;1-13-14(20-16(22)19-13)9-5-4-6-10-15(21)18-12-8-3-2-7-11-17;1-7-8(12-10(15)11-7)5-3-2-4-6-9(13)14/h10-11,14-15,20,22,26H,5-9,12-13,16-19H2,1-4H3,(H,34,38)(H,35,39)(H2,36,37,40);8-9,12-13,18,20,24H,3-7,10-11,14-17H2,1-2H3,(H,32,36)(H,33,39)(H2,34,35,40);4-8H,1-3H3,(H,18,19);13-14H,2-12,17H2,1H3,(H,18,21)(H2,19,20,22);7-8H,2-6H2,1H3,(H,13,14)(H2,11,12,15)/b21-20+;19-18+;9-8+;;/t22-,26?;20-,24?;;13-,14?;7-,8?/m00.00/s1. The van der Waals surface area contributed by atoms with Crippen molar-refractivity contribution in [3.63, 3.8) is 0 Å². The van der Waals surface area contributed by atoms with Crippen LogP contribution in [0.15, 0.2) is 106 Å². The van der Waals surface area contributed by atoms with E-state index in [1.807, 2.05) is 76.2 Å². The summed E-state index contributed by atoms with van der Waals surface area (Å²) in [5.74, 6) is -0.548. The largest absolute Gasteiger partial charge is 0.495 e. The van der Waals surface area contributed by atoms with Crippen LogP contribution in [0.3, 0.4) is 0 Å². The number of aliphatic carboxylic acids is 2. The van der Waals surface area contributed by atoms with Crippen LogP contribution in [0.4, 0.5) is 19.2 Å². The van der Waals surface area contributed by atoms with Crippen LogP contribution in [0, 0.1) is 0 Å². The van der Waals surface area contributed by atoms with Gasteiger partial charge in [-0.1, -0.05) is 197 Å². The molecule has 17 N–H and O–H groups in total. The van der Waals surface area contributed by atoms with Crippen molar-refractivity contribution in [2.24, 2.45) is 5.73 Å². The molecule has 4 fully saturated rings. The third-order valence-electron chi connectivity index (χ3n) is 24.9. The lowest BCUT2D eigenvalue weighted by Gasteiger charge is -2.16. The number of Topliss-reactive ketones (excluding diaryl/α,β-unsaturated/α-hetero) is 2. The number of rotatable bonds is 54. The fraction of sp³-hybridized carbons (Fsp3) is 0.548. The van der Waals surface area contributed by atoms with Gasteiger partial charge in [0.15, 0.2) is 5.78 Å². The number of allylic oxidation sites excluding steroid dienone is 3. The van der Waals surface area contributed by atoms with Gasteiger partial charge >= 0.3 is 36.1 Å². The Morgan fingerprint density at radius 3 is 0.929 bits per heavy atom. The second-order valence-electron chi connectivity index (χ2n) is 35.8. The predicted molar refractivity (Wildman–Crippen MR) is 550 cm³/mol. The number of halogens is 3. The number of urea groups is 4. The second kappa shape index (κ2) is 63.9. The van der Waals surface area contributed by atoms with Crippen molar-refractivity contribution >= 4 is 146 Å². The second-order valence-corrected chi connectivity index (χ2v) is 37.0. The molecule has 770 valence electrons. The molecule has 0 bridgehead atoms. The van der Waals surface area contributed by atoms with Gasteiger partial charge in [-0.25, -0.2) is 24.0 Å². The summed E-state index contributed by atoms with van der Waals surface area (Å²) in [6.07, 6.45) is 33.0. The number of carbonyl (C=O) groups excluding carboxylic acids is 11. The lowest BCUT2D eigenvalue weighted by molar-refractivity contribution is -0.137. The Hall–Kier alpha value is -11.7. The SMILES string of the molecule is C/C(=C\C1=C(Cl)C(=O)c2ccccc2C1=O)C(=O)NCCCCCCNC(=O)CCCCCC1NC(=O)N[C@H]1C.COc1c(Cl)c(/C=C(\C)C(=O)NCCCCCCNC(=O)CCCCCC2NC(=O)N[C@H]2C)c(OC)c2ccccc12.COc1c(Cl)c(/C=C(\C)C(=O)O)c(OC)c2ccccc12.C[C@@H]1NC(=O)NC1CCCCCC(=O)NCCCCCCN.C[C@@H]1NC(=O)NC1CCCCCC(=O)O. The summed E-state index contributed by atoms with van der Waals surface area (Å²) in [6.45, 7) is 16.7. The van der Waals surface area contributed by atoms with Gasteiger partial charge in [0.25, 0.3) is 0 Å². The molecule has 13 amide bonds. The minimum absolute atomic E-state index is 0.0336. The average Bonchev–Trinajstić information content (AvgIpc) is 1.64. The minimum Gasteiger partial charge on any atom is -0.495 e.